The van der Waals surface area contributed by atoms with Gasteiger partial charge in [0.2, 0.25) is 0 Å². The van der Waals surface area contributed by atoms with Gasteiger partial charge in [-0.2, -0.15) is 0 Å². The molecule has 4 nitrogen and oxygen atoms in total. The molecule has 0 aliphatic heterocycles. The Bertz CT molecular complexity index is 531. The van der Waals surface area contributed by atoms with Crippen LogP contribution in [0.15, 0.2) is 48.7 Å². The number of hydrogen-bond donors (Lipinski definition) is 2. The summed E-state index contributed by atoms with van der Waals surface area (Å²) in [7, 11) is 1.68. The van der Waals surface area contributed by atoms with Gasteiger partial charge in [-0.1, -0.05) is 24.3 Å². The van der Waals surface area contributed by atoms with Crippen molar-refractivity contribution in [3.63, 3.8) is 0 Å². The van der Waals surface area contributed by atoms with E-state index in [1.54, 1.807) is 13.3 Å². The lowest BCUT2D eigenvalue weighted by atomic mass is 10.0. The van der Waals surface area contributed by atoms with E-state index in [1.165, 1.54) is 0 Å². The molecule has 1 heterocycles. The van der Waals surface area contributed by atoms with E-state index in [2.05, 4.69) is 10.3 Å². The molecular formula is C17H22N2O2. The van der Waals surface area contributed by atoms with Crippen LogP contribution in [0.4, 0.5) is 0 Å². The smallest absolute Gasteiger partial charge is 0.123 e. The first-order valence-corrected chi connectivity index (χ1v) is 7.17. The van der Waals surface area contributed by atoms with Crippen LogP contribution in [-0.4, -0.2) is 30.4 Å². The first-order chi connectivity index (χ1) is 10.3. The zero-order valence-electron chi connectivity index (χ0n) is 12.3. The number of aliphatic hydroxyl groups excluding tert-OH is 1. The minimum Gasteiger partial charge on any atom is -0.496 e. The molecule has 0 bridgehead atoms. The van der Waals surface area contributed by atoms with Gasteiger partial charge in [0.1, 0.15) is 5.75 Å². The van der Waals surface area contributed by atoms with E-state index in [-0.39, 0.29) is 12.5 Å². The van der Waals surface area contributed by atoms with Gasteiger partial charge in [0, 0.05) is 37.2 Å². The summed E-state index contributed by atoms with van der Waals surface area (Å²) in [4.78, 5) is 4.30. The third-order valence-electron chi connectivity index (χ3n) is 3.42. The third-order valence-corrected chi connectivity index (χ3v) is 3.42. The van der Waals surface area contributed by atoms with Gasteiger partial charge in [-0.25, -0.2) is 0 Å². The molecule has 2 aromatic rings. The van der Waals surface area contributed by atoms with Gasteiger partial charge in [0.15, 0.2) is 0 Å². The molecule has 1 aromatic heterocycles. The third kappa shape index (κ3) is 4.85. The quantitative estimate of drug-likeness (QED) is 0.779. The van der Waals surface area contributed by atoms with Crippen molar-refractivity contribution in [2.24, 2.45) is 5.92 Å². The monoisotopic (exact) mass is 286 g/mol. The summed E-state index contributed by atoms with van der Waals surface area (Å²) < 4.78 is 5.33. The standard InChI is InChI=1S/C17H22N2O2/c1-21-17-8-3-2-6-15(17)12-18-11-14(13-20)10-16-7-4-5-9-19-16/h2-9,14,18,20H,10-13H2,1H3. The van der Waals surface area contributed by atoms with Gasteiger partial charge >= 0.3 is 0 Å². The van der Waals surface area contributed by atoms with Gasteiger partial charge in [0.25, 0.3) is 0 Å². The maximum Gasteiger partial charge on any atom is 0.123 e. The normalized spacial score (nSPS) is 12.1. The number of ether oxygens (including phenoxy) is 1. The Morgan fingerprint density at radius 2 is 2.00 bits per heavy atom. The van der Waals surface area contributed by atoms with Crippen LogP contribution in [0.5, 0.6) is 5.75 Å². The lowest BCUT2D eigenvalue weighted by Crippen LogP contribution is -2.26. The Hall–Kier alpha value is -1.91. The van der Waals surface area contributed by atoms with Crippen molar-refractivity contribution < 1.29 is 9.84 Å². The van der Waals surface area contributed by atoms with Crippen molar-refractivity contribution >= 4 is 0 Å². The van der Waals surface area contributed by atoms with E-state index in [0.717, 1.165) is 36.5 Å². The van der Waals surface area contributed by atoms with Gasteiger partial charge in [-0.3, -0.25) is 4.98 Å². The highest BCUT2D eigenvalue weighted by Crippen LogP contribution is 2.16. The van der Waals surface area contributed by atoms with Crippen LogP contribution in [0.2, 0.25) is 0 Å². The first-order valence-electron chi connectivity index (χ1n) is 7.17. The van der Waals surface area contributed by atoms with E-state index < -0.39 is 0 Å². The first kappa shape index (κ1) is 15.5. The predicted molar refractivity (Wildman–Crippen MR) is 83.2 cm³/mol. The molecule has 112 valence electrons. The van der Waals surface area contributed by atoms with Gasteiger partial charge < -0.3 is 15.2 Å². The Labute approximate surface area is 125 Å². The average Bonchev–Trinajstić information content (AvgIpc) is 2.55. The molecule has 0 spiro atoms. The summed E-state index contributed by atoms with van der Waals surface area (Å²) in [5.41, 5.74) is 2.13. The molecule has 0 radical (unpaired) electrons. The number of nitrogens with one attached hydrogen (secondary N) is 1. The fourth-order valence-electron chi connectivity index (χ4n) is 2.28. The van der Waals surface area contributed by atoms with E-state index in [4.69, 9.17) is 4.74 Å². The van der Waals surface area contributed by atoms with Crippen LogP contribution < -0.4 is 10.1 Å². The number of hydrogen-bond acceptors (Lipinski definition) is 4. The summed E-state index contributed by atoms with van der Waals surface area (Å²) in [6.45, 7) is 1.61. The van der Waals surface area contributed by atoms with Crippen molar-refractivity contribution in [3.8, 4) is 5.75 Å². The van der Waals surface area contributed by atoms with Crippen LogP contribution in [-0.2, 0) is 13.0 Å². The Balaban J connectivity index is 1.83. The Kier molecular flexibility index (Phi) is 6.19. The lowest BCUT2D eigenvalue weighted by Gasteiger charge is -2.15. The number of rotatable bonds is 8. The molecule has 0 saturated carbocycles. The Morgan fingerprint density at radius 3 is 2.71 bits per heavy atom. The van der Waals surface area contributed by atoms with Crippen molar-refractivity contribution in [1.82, 2.24) is 10.3 Å². The van der Waals surface area contributed by atoms with Crippen LogP contribution in [0.3, 0.4) is 0 Å². The molecule has 4 heteroatoms. The average molecular weight is 286 g/mol. The van der Waals surface area contributed by atoms with Crippen molar-refractivity contribution in [3.05, 3.63) is 59.9 Å². The lowest BCUT2D eigenvalue weighted by molar-refractivity contribution is 0.220. The molecule has 1 unspecified atom stereocenters. The van der Waals surface area contributed by atoms with E-state index in [9.17, 15) is 5.11 Å². The highest BCUT2D eigenvalue weighted by Gasteiger charge is 2.09. The molecule has 2 N–H and O–H groups in total. The van der Waals surface area contributed by atoms with Gasteiger partial charge in [0.05, 0.1) is 7.11 Å². The number of pyridine rings is 1. The molecule has 21 heavy (non-hydrogen) atoms. The molecule has 0 saturated heterocycles. The number of nitrogens with zero attached hydrogens (tertiary/aromatic N) is 1. The minimum absolute atomic E-state index is 0.148. The van der Waals surface area contributed by atoms with Crippen molar-refractivity contribution in [2.75, 3.05) is 20.3 Å². The van der Waals surface area contributed by atoms with Crippen molar-refractivity contribution in [2.45, 2.75) is 13.0 Å². The molecule has 1 atom stereocenters. The largest absolute Gasteiger partial charge is 0.496 e. The second-order valence-electron chi connectivity index (χ2n) is 5.02. The number of para-hydroxylation sites is 1. The maximum atomic E-state index is 9.49. The molecule has 0 fully saturated rings. The number of aromatic nitrogens is 1. The number of aliphatic hydroxyl groups is 1. The fraction of sp³-hybridized carbons (Fsp3) is 0.353. The number of benzene rings is 1. The second-order valence-corrected chi connectivity index (χ2v) is 5.02. The summed E-state index contributed by atoms with van der Waals surface area (Å²) >= 11 is 0. The Morgan fingerprint density at radius 1 is 1.19 bits per heavy atom. The van der Waals surface area contributed by atoms with Crippen LogP contribution in [0.1, 0.15) is 11.3 Å². The van der Waals surface area contributed by atoms with Crippen LogP contribution in [0.25, 0.3) is 0 Å². The summed E-state index contributed by atoms with van der Waals surface area (Å²) in [5, 5.41) is 12.9. The zero-order valence-corrected chi connectivity index (χ0v) is 12.3. The van der Waals surface area contributed by atoms with E-state index in [1.807, 2.05) is 42.5 Å². The van der Waals surface area contributed by atoms with Crippen molar-refractivity contribution in [1.29, 1.82) is 0 Å². The summed E-state index contributed by atoms with van der Waals surface area (Å²) in [5.74, 6) is 1.05. The van der Waals surface area contributed by atoms with Gasteiger partial charge in [-0.15, -0.1) is 0 Å². The summed E-state index contributed by atoms with van der Waals surface area (Å²) in [6, 6.07) is 13.8. The predicted octanol–water partition coefficient (Wildman–Crippen LogP) is 2.03. The SMILES string of the molecule is COc1ccccc1CNCC(CO)Cc1ccccn1. The molecule has 0 amide bonds. The van der Waals surface area contributed by atoms with Gasteiger partial charge in [-0.05, 0) is 30.5 Å². The number of methoxy groups -OCH3 is 1. The second kappa shape index (κ2) is 8.39. The molecule has 2 rings (SSSR count). The highest BCUT2D eigenvalue weighted by molar-refractivity contribution is 5.32. The topological polar surface area (TPSA) is 54.4 Å². The highest BCUT2D eigenvalue weighted by atomic mass is 16.5. The van der Waals surface area contributed by atoms with E-state index in [0.29, 0.717) is 0 Å². The maximum absolute atomic E-state index is 9.49. The molecule has 1 aromatic carbocycles. The zero-order chi connectivity index (χ0) is 14.9. The fourth-order valence-corrected chi connectivity index (χ4v) is 2.28. The molecular weight excluding hydrogens is 264 g/mol. The van der Waals surface area contributed by atoms with Crippen LogP contribution >= 0.6 is 0 Å². The summed E-state index contributed by atoms with van der Waals surface area (Å²) in [6.07, 6.45) is 2.56. The van der Waals surface area contributed by atoms with E-state index >= 15 is 0 Å². The molecule has 0 aliphatic rings. The minimum atomic E-state index is 0.148. The molecule has 0 aliphatic carbocycles. The van der Waals surface area contributed by atoms with Crippen LogP contribution in [0, 0.1) is 5.92 Å².